The van der Waals surface area contributed by atoms with Gasteiger partial charge in [-0.3, -0.25) is 4.79 Å². The molecule has 1 aliphatic rings. The fourth-order valence-electron chi connectivity index (χ4n) is 2.65. The number of para-hydroxylation sites is 1. The maximum Gasteiger partial charge on any atom is 0.228 e. The van der Waals surface area contributed by atoms with Gasteiger partial charge in [0.25, 0.3) is 0 Å². The molecule has 0 saturated heterocycles. The summed E-state index contributed by atoms with van der Waals surface area (Å²) in [5, 5.41) is 0. The van der Waals surface area contributed by atoms with Gasteiger partial charge in [0.2, 0.25) is 5.91 Å². The number of nitrogens with zero attached hydrogens (tertiary/aromatic N) is 1. The average Bonchev–Trinajstić information content (AvgIpc) is 2.55. The number of rotatable bonds is 3. The summed E-state index contributed by atoms with van der Waals surface area (Å²) in [5.74, 6) is 0.246. The molecule has 1 heterocycles. The summed E-state index contributed by atoms with van der Waals surface area (Å²) < 4.78 is 22.4. The first-order chi connectivity index (χ1) is 9.38. The minimum absolute atomic E-state index is 0.0571. The summed E-state index contributed by atoms with van der Waals surface area (Å²) in [6.07, 6.45) is 3.22. The maximum atomic E-state index is 12.3. The van der Waals surface area contributed by atoms with E-state index < -0.39 is 9.84 Å². The van der Waals surface area contributed by atoms with Crippen LogP contribution in [-0.2, 0) is 14.6 Å². The smallest absolute Gasteiger partial charge is 0.228 e. The number of sulfone groups is 1. The highest BCUT2D eigenvalue weighted by atomic mass is 32.2. The van der Waals surface area contributed by atoms with Crippen molar-refractivity contribution >= 4 is 21.4 Å². The van der Waals surface area contributed by atoms with Crippen LogP contribution in [0, 0.1) is 0 Å². The lowest BCUT2D eigenvalue weighted by Gasteiger charge is -2.23. The number of fused-ring (bicyclic) bond motifs is 1. The molecule has 0 bridgehead atoms. The molecule has 0 unspecified atom stereocenters. The fourth-order valence-corrected chi connectivity index (χ4v) is 3.19. The molecule has 1 aliphatic heterocycles. The SMILES string of the molecule is C[C@H]1CCCN(C(=O)CCS(C)(=O)=O)c2ccccc21. The molecule has 1 atom stereocenters. The van der Waals surface area contributed by atoms with Gasteiger partial charge in [-0.15, -0.1) is 0 Å². The summed E-state index contributed by atoms with van der Waals surface area (Å²) in [7, 11) is -3.10. The Morgan fingerprint density at radius 3 is 2.75 bits per heavy atom. The van der Waals surface area contributed by atoms with Crippen LogP contribution in [0.4, 0.5) is 5.69 Å². The zero-order valence-electron chi connectivity index (χ0n) is 12.0. The van der Waals surface area contributed by atoms with Crippen LogP contribution >= 0.6 is 0 Å². The third-order valence-electron chi connectivity index (χ3n) is 3.77. The fraction of sp³-hybridized carbons (Fsp3) is 0.533. The van der Waals surface area contributed by atoms with Crippen molar-refractivity contribution in [1.29, 1.82) is 0 Å². The van der Waals surface area contributed by atoms with E-state index in [4.69, 9.17) is 0 Å². The topological polar surface area (TPSA) is 54.5 Å². The molecule has 2 rings (SSSR count). The van der Waals surface area contributed by atoms with Crippen molar-refractivity contribution < 1.29 is 13.2 Å². The molecule has 0 spiro atoms. The van der Waals surface area contributed by atoms with Crippen LogP contribution in [0.2, 0.25) is 0 Å². The molecule has 1 aromatic carbocycles. The largest absolute Gasteiger partial charge is 0.312 e. The van der Waals surface area contributed by atoms with E-state index >= 15 is 0 Å². The second kappa shape index (κ2) is 5.95. The third kappa shape index (κ3) is 3.60. The van der Waals surface area contributed by atoms with Gasteiger partial charge in [0.1, 0.15) is 9.84 Å². The lowest BCUT2D eigenvalue weighted by Crippen LogP contribution is -2.32. The number of carbonyl (C=O) groups excluding carboxylic acids is 1. The molecule has 0 aliphatic carbocycles. The van der Waals surface area contributed by atoms with E-state index in [9.17, 15) is 13.2 Å². The van der Waals surface area contributed by atoms with Crippen molar-refractivity contribution in [3.8, 4) is 0 Å². The van der Waals surface area contributed by atoms with Crippen molar-refractivity contribution in [1.82, 2.24) is 0 Å². The van der Waals surface area contributed by atoms with Crippen LogP contribution in [0.25, 0.3) is 0 Å². The second-order valence-electron chi connectivity index (χ2n) is 5.53. The molecule has 0 aromatic heterocycles. The zero-order chi connectivity index (χ0) is 14.8. The van der Waals surface area contributed by atoms with Crippen molar-refractivity contribution in [2.75, 3.05) is 23.5 Å². The molecule has 4 nitrogen and oxygen atoms in total. The zero-order valence-corrected chi connectivity index (χ0v) is 12.8. The molecule has 0 fully saturated rings. The van der Waals surface area contributed by atoms with E-state index in [1.54, 1.807) is 4.90 Å². The van der Waals surface area contributed by atoms with Gasteiger partial charge in [0.15, 0.2) is 0 Å². The van der Waals surface area contributed by atoms with Crippen molar-refractivity contribution in [2.24, 2.45) is 0 Å². The number of hydrogen-bond acceptors (Lipinski definition) is 3. The molecule has 5 heteroatoms. The Labute approximate surface area is 120 Å². The second-order valence-corrected chi connectivity index (χ2v) is 7.79. The first kappa shape index (κ1) is 15.0. The van der Waals surface area contributed by atoms with Gasteiger partial charge in [-0.05, 0) is 30.4 Å². The Morgan fingerprint density at radius 1 is 1.35 bits per heavy atom. The summed E-state index contributed by atoms with van der Waals surface area (Å²) >= 11 is 0. The molecule has 0 saturated carbocycles. The Hall–Kier alpha value is -1.36. The number of hydrogen-bond donors (Lipinski definition) is 0. The molecular weight excluding hydrogens is 274 g/mol. The van der Waals surface area contributed by atoms with Gasteiger partial charge in [-0.25, -0.2) is 8.42 Å². The van der Waals surface area contributed by atoms with Gasteiger partial charge in [0.05, 0.1) is 5.75 Å². The van der Waals surface area contributed by atoms with Gasteiger partial charge < -0.3 is 4.90 Å². The molecule has 1 amide bonds. The summed E-state index contributed by atoms with van der Waals surface area (Å²) in [5.41, 5.74) is 2.12. The van der Waals surface area contributed by atoms with Crippen LogP contribution in [0.5, 0.6) is 0 Å². The van der Waals surface area contributed by atoms with E-state index in [0.29, 0.717) is 12.5 Å². The van der Waals surface area contributed by atoms with Crippen LogP contribution in [0.3, 0.4) is 0 Å². The van der Waals surface area contributed by atoms with E-state index in [1.165, 1.54) is 11.8 Å². The highest BCUT2D eigenvalue weighted by molar-refractivity contribution is 7.90. The van der Waals surface area contributed by atoms with Crippen molar-refractivity contribution in [2.45, 2.75) is 32.1 Å². The molecular formula is C15H21NO3S. The lowest BCUT2D eigenvalue weighted by atomic mass is 9.96. The number of anilines is 1. The summed E-state index contributed by atoms with van der Waals surface area (Å²) in [4.78, 5) is 14.1. The van der Waals surface area contributed by atoms with E-state index in [2.05, 4.69) is 13.0 Å². The number of carbonyl (C=O) groups is 1. The third-order valence-corrected chi connectivity index (χ3v) is 4.71. The highest BCUT2D eigenvalue weighted by Crippen LogP contribution is 2.34. The first-order valence-corrected chi connectivity index (χ1v) is 9.01. The Morgan fingerprint density at radius 2 is 2.05 bits per heavy atom. The van der Waals surface area contributed by atoms with Crippen LogP contribution in [0.15, 0.2) is 24.3 Å². The van der Waals surface area contributed by atoms with Gasteiger partial charge in [-0.1, -0.05) is 25.1 Å². The molecule has 0 N–H and O–H groups in total. The quantitative estimate of drug-likeness (QED) is 0.860. The molecule has 20 heavy (non-hydrogen) atoms. The number of benzene rings is 1. The lowest BCUT2D eigenvalue weighted by molar-refractivity contribution is -0.118. The van der Waals surface area contributed by atoms with E-state index in [1.807, 2.05) is 18.2 Å². The Balaban J connectivity index is 2.23. The van der Waals surface area contributed by atoms with Gasteiger partial charge >= 0.3 is 0 Å². The summed E-state index contributed by atoms with van der Waals surface area (Å²) in [6.45, 7) is 2.84. The Kier molecular flexibility index (Phi) is 4.48. The Bertz CT molecular complexity index is 595. The average molecular weight is 295 g/mol. The predicted octanol–water partition coefficient (Wildman–Crippen LogP) is 2.35. The minimum Gasteiger partial charge on any atom is -0.312 e. The van der Waals surface area contributed by atoms with Crippen molar-refractivity contribution in [3.05, 3.63) is 29.8 Å². The first-order valence-electron chi connectivity index (χ1n) is 6.95. The van der Waals surface area contributed by atoms with E-state index in [0.717, 1.165) is 18.5 Å². The van der Waals surface area contributed by atoms with Crippen LogP contribution < -0.4 is 4.90 Å². The van der Waals surface area contributed by atoms with Gasteiger partial charge in [0, 0.05) is 24.9 Å². The minimum atomic E-state index is -3.10. The number of amides is 1. The van der Waals surface area contributed by atoms with Crippen molar-refractivity contribution in [3.63, 3.8) is 0 Å². The predicted molar refractivity (Wildman–Crippen MR) is 80.8 cm³/mol. The monoisotopic (exact) mass is 295 g/mol. The molecule has 0 radical (unpaired) electrons. The normalized spacial score (nSPS) is 19.3. The van der Waals surface area contributed by atoms with Gasteiger partial charge in [-0.2, -0.15) is 0 Å². The molecule has 1 aromatic rings. The highest BCUT2D eigenvalue weighted by Gasteiger charge is 2.24. The molecule has 110 valence electrons. The maximum absolute atomic E-state index is 12.3. The van der Waals surface area contributed by atoms with Crippen LogP contribution in [-0.4, -0.2) is 32.9 Å². The van der Waals surface area contributed by atoms with E-state index in [-0.39, 0.29) is 18.1 Å². The summed E-state index contributed by atoms with van der Waals surface area (Å²) in [6, 6.07) is 7.92. The van der Waals surface area contributed by atoms with Crippen LogP contribution in [0.1, 0.15) is 37.7 Å². The standard InChI is InChI=1S/C15H21NO3S/c1-12-6-5-10-16(14-8-4-3-7-13(12)14)15(17)9-11-20(2,18)19/h3-4,7-8,12H,5-6,9-11H2,1-2H3/t12-/m0/s1.